The third-order valence-electron chi connectivity index (χ3n) is 9.06. The van der Waals surface area contributed by atoms with Crippen LogP contribution in [0.3, 0.4) is 0 Å². The van der Waals surface area contributed by atoms with Gasteiger partial charge in [-0.15, -0.1) is 11.3 Å². The van der Waals surface area contributed by atoms with Gasteiger partial charge in [-0.25, -0.2) is 0 Å². The molecule has 1 aliphatic carbocycles. The lowest BCUT2D eigenvalue weighted by molar-refractivity contribution is -0.164. The van der Waals surface area contributed by atoms with Crippen molar-refractivity contribution < 1.29 is 26.3 Å². The summed E-state index contributed by atoms with van der Waals surface area (Å²) in [5, 5.41) is 4.40. The smallest absolute Gasteiger partial charge is 0.255 e. The summed E-state index contributed by atoms with van der Waals surface area (Å²) in [5.74, 6) is -2.42. The van der Waals surface area contributed by atoms with Crippen molar-refractivity contribution in [3.63, 3.8) is 0 Å². The minimum atomic E-state index is -4.49. The number of nitrogens with zero attached hydrogens (tertiary/aromatic N) is 1. The number of benzene rings is 3. The molecule has 2 aromatic heterocycles. The number of rotatable bonds is 4. The largest absolute Gasteiger partial charge is 0.389 e. The Bertz CT molecular complexity index is 1800. The highest BCUT2D eigenvalue weighted by molar-refractivity contribution is 7.26. The van der Waals surface area contributed by atoms with E-state index in [0.29, 0.717) is 0 Å². The topological polar surface area (TPSA) is 12.9 Å². The Hall–Kier alpha value is -3.13. The van der Waals surface area contributed by atoms with Crippen molar-refractivity contribution in [1.82, 2.24) is 4.98 Å². The van der Waals surface area contributed by atoms with Crippen LogP contribution in [0, 0.1) is 18.8 Å². The van der Waals surface area contributed by atoms with E-state index < -0.39 is 37.0 Å². The summed E-state index contributed by atoms with van der Waals surface area (Å²) in [6, 6.07) is 18.6. The van der Waals surface area contributed by atoms with Gasteiger partial charge in [0.2, 0.25) is 0 Å². The third-order valence-corrected chi connectivity index (χ3v) is 10.4. The van der Waals surface area contributed by atoms with E-state index in [9.17, 15) is 26.3 Å². The Labute approximate surface area is 250 Å². The Kier molecular flexibility index (Phi) is 7.30. The van der Waals surface area contributed by atoms with Crippen molar-refractivity contribution in [2.45, 2.75) is 77.1 Å². The second-order valence-electron chi connectivity index (χ2n) is 13.1. The van der Waals surface area contributed by atoms with E-state index >= 15 is 0 Å². The predicted molar refractivity (Wildman–Crippen MR) is 164 cm³/mol. The van der Waals surface area contributed by atoms with Crippen molar-refractivity contribution in [3.05, 3.63) is 77.5 Å². The van der Waals surface area contributed by atoms with E-state index in [2.05, 4.69) is 45.0 Å². The van der Waals surface area contributed by atoms with Crippen molar-refractivity contribution in [2.24, 2.45) is 11.8 Å². The maximum Gasteiger partial charge on any atom is 0.389 e. The molecule has 0 saturated heterocycles. The van der Waals surface area contributed by atoms with Gasteiger partial charge in [-0.1, -0.05) is 57.2 Å². The maximum absolute atomic E-state index is 13.3. The van der Waals surface area contributed by atoms with Crippen LogP contribution < -0.4 is 0 Å². The summed E-state index contributed by atoms with van der Waals surface area (Å²) in [6.45, 7) is 8.53. The average molecular weight is 614 g/mol. The highest BCUT2D eigenvalue weighted by atomic mass is 32.1. The van der Waals surface area contributed by atoms with E-state index in [1.165, 1.54) is 10.9 Å². The number of thiophene rings is 1. The number of hydrogen-bond donors (Lipinski definition) is 0. The second kappa shape index (κ2) is 10.5. The van der Waals surface area contributed by atoms with E-state index in [0.717, 1.165) is 47.9 Å². The molecule has 1 nitrogen and oxygen atoms in total. The highest BCUT2D eigenvalue weighted by Crippen LogP contribution is 2.52. The summed E-state index contributed by atoms with van der Waals surface area (Å²) in [4.78, 5) is 4.82. The molecule has 43 heavy (non-hydrogen) atoms. The molecule has 1 fully saturated rings. The molecular formula is C35H33F6NS. The van der Waals surface area contributed by atoms with Crippen LogP contribution in [0.15, 0.2) is 60.8 Å². The van der Waals surface area contributed by atoms with Crippen molar-refractivity contribution in [3.8, 4) is 11.3 Å². The van der Waals surface area contributed by atoms with Gasteiger partial charge in [0.15, 0.2) is 0 Å². The number of aromatic nitrogens is 1. The van der Waals surface area contributed by atoms with Gasteiger partial charge in [0, 0.05) is 40.1 Å². The molecule has 6 rings (SSSR count). The van der Waals surface area contributed by atoms with Gasteiger partial charge in [0.25, 0.3) is 0 Å². The molecule has 0 N–H and O–H groups in total. The normalized spacial score (nSPS) is 18.8. The van der Waals surface area contributed by atoms with Crippen molar-refractivity contribution in [1.29, 1.82) is 0 Å². The fraction of sp³-hybridized carbons (Fsp3) is 0.400. The molecule has 226 valence electrons. The number of fused-ring (bicyclic) bond motifs is 4. The van der Waals surface area contributed by atoms with E-state index in [1.54, 1.807) is 17.5 Å². The van der Waals surface area contributed by atoms with Gasteiger partial charge in [-0.3, -0.25) is 4.98 Å². The molecule has 1 aliphatic rings. The Morgan fingerprint density at radius 1 is 0.767 bits per heavy atom. The lowest BCUT2D eigenvalue weighted by Crippen LogP contribution is -2.22. The molecule has 2 heterocycles. The quantitative estimate of drug-likeness (QED) is 0.184. The molecule has 5 aromatic rings. The molecule has 8 heteroatoms. The molecule has 0 spiro atoms. The van der Waals surface area contributed by atoms with Crippen LogP contribution in [0.2, 0.25) is 0 Å². The lowest BCUT2D eigenvalue weighted by Gasteiger charge is -2.22. The first-order valence-electron chi connectivity index (χ1n) is 14.6. The van der Waals surface area contributed by atoms with Crippen LogP contribution in [0.4, 0.5) is 26.3 Å². The number of halogens is 6. The zero-order chi connectivity index (χ0) is 30.9. The summed E-state index contributed by atoms with van der Waals surface area (Å²) in [7, 11) is 0. The molecule has 2 atom stereocenters. The number of aryl methyl sites for hydroxylation is 1. The molecular weight excluding hydrogens is 580 g/mol. The molecule has 0 radical (unpaired) electrons. The Balaban J connectivity index is 1.44. The van der Waals surface area contributed by atoms with Crippen LogP contribution in [0.5, 0.6) is 0 Å². The number of hydrogen-bond acceptors (Lipinski definition) is 2. The first-order chi connectivity index (χ1) is 20.1. The summed E-state index contributed by atoms with van der Waals surface area (Å²) >= 11 is 1.60. The van der Waals surface area contributed by atoms with E-state index in [4.69, 9.17) is 4.98 Å². The monoisotopic (exact) mass is 613 g/mol. The maximum atomic E-state index is 13.3. The highest BCUT2D eigenvalue weighted by Gasteiger charge is 2.46. The molecule has 0 bridgehead atoms. The molecule has 0 unspecified atom stereocenters. The van der Waals surface area contributed by atoms with Crippen LogP contribution in [-0.2, 0) is 5.41 Å². The average Bonchev–Trinajstić information content (AvgIpc) is 3.47. The third kappa shape index (κ3) is 5.87. The standard InChI is InChI=1S/C35H33F6NS/c1-19-25(21-14-23(17-34(36,37)38)24(15-21)18-35(39,40)41)9-10-27-28-11-12-42-30(32(28)43-31(19)27)22-13-20-7-5-6-8-26(20)29(16-22)33(2,3)4/h5-13,16,21,23-24H,14-15,17-18H2,1-4H3/t23-,24-/m1/s1. The molecule has 0 aliphatic heterocycles. The number of pyridine rings is 1. The zero-order valence-electron chi connectivity index (χ0n) is 24.5. The fourth-order valence-corrected chi connectivity index (χ4v) is 8.51. The van der Waals surface area contributed by atoms with Crippen LogP contribution in [0.25, 0.3) is 42.2 Å². The summed E-state index contributed by atoms with van der Waals surface area (Å²) in [5.41, 5.74) is 4.80. The predicted octanol–water partition coefficient (Wildman–Crippen LogP) is 11.9. The molecule has 1 saturated carbocycles. The van der Waals surface area contributed by atoms with Crippen molar-refractivity contribution in [2.75, 3.05) is 0 Å². The summed E-state index contributed by atoms with van der Waals surface area (Å²) in [6.07, 6.45) is -9.31. The van der Waals surface area contributed by atoms with Gasteiger partial charge in [0.05, 0.1) is 10.4 Å². The number of alkyl halides is 6. The Morgan fingerprint density at radius 3 is 2.02 bits per heavy atom. The van der Waals surface area contributed by atoms with Gasteiger partial charge in [0.1, 0.15) is 0 Å². The van der Waals surface area contributed by atoms with E-state index in [-0.39, 0.29) is 24.2 Å². The van der Waals surface area contributed by atoms with Crippen LogP contribution >= 0.6 is 11.3 Å². The van der Waals surface area contributed by atoms with Crippen LogP contribution in [-0.4, -0.2) is 17.3 Å². The first kappa shape index (κ1) is 29.9. The second-order valence-corrected chi connectivity index (χ2v) is 14.1. The molecule has 0 amide bonds. The van der Waals surface area contributed by atoms with Gasteiger partial charge in [-0.05, 0) is 88.6 Å². The first-order valence-corrected chi connectivity index (χ1v) is 15.4. The zero-order valence-corrected chi connectivity index (χ0v) is 25.3. The van der Waals surface area contributed by atoms with Crippen molar-refractivity contribution >= 4 is 42.3 Å². The van der Waals surface area contributed by atoms with Gasteiger partial charge >= 0.3 is 12.4 Å². The lowest BCUT2D eigenvalue weighted by atomic mass is 9.82. The minimum absolute atomic E-state index is 0.0929. The SMILES string of the molecule is Cc1c(C2C[C@H](CC(F)(F)F)[C@@H](CC(F)(F)F)C2)ccc2c1sc1c(-c3cc(C(C)(C)C)c4ccccc4c3)nccc12. The minimum Gasteiger partial charge on any atom is -0.255 e. The Morgan fingerprint density at radius 2 is 1.40 bits per heavy atom. The molecule has 3 aromatic carbocycles. The van der Waals surface area contributed by atoms with Gasteiger partial charge < -0.3 is 0 Å². The fourth-order valence-electron chi connectivity index (χ4n) is 7.19. The van der Waals surface area contributed by atoms with Crippen LogP contribution in [0.1, 0.15) is 69.1 Å². The van der Waals surface area contributed by atoms with Gasteiger partial charge in [-0.2, -0.15) is 26.3 Å². The summed E-state index contributed by atoms with van der Waals surface area (Å²) < 4.78 is 81.9. The van der Waals surface area contributed by atoms with E-state index in [1.807, 2.05) is 37.3 Å².